The summed E-state index contributed by atoms with van der Waals surface area (Å²) in [4.78, 5) is 0.346. The lowest BCUT2D eigenvalue weighted by Gasteiger charge is -2.06. The summed E-state index contributed by atoms with van der Waals surface area (Å²) in [7, 11) is -3.22. The predicted molar refractivity (Wildman–Crippen MR) is 59.7 cm³/mol. The molecule has 0 saturated heterocycles. The van der Waals surface area contributed by atoms with Gasteiger partial charge in [0.2, 0.25) is 0 Å². The standard InChI is InChI=1S/C11H16O3S/c1-9-4-5-11(8-10(9)2)15(13,14)7-3-6-12/h4-5,8,12H,3,6-7H2,1-2H3. The van der Waals surface area contributed by atoms with Gasteiger partial charge in [0.05, 0.1) is 10.6 Å². The van der Waals surface area contributed by atoms with E-state index < -0.39 is 9.84 Å². The van der Waals surface area contributed by atoms with Crippen LogP contribution in [-0.4, -0.2) is 25.9 Å². The van der Waals surface area contributed by atoms with Crippen LogP contribution in [0, 0.1) is 13.8 Å². The second kappa shape index (κ2) is 4.77. The van der Waals surface area contributed by atoms with Gasteiger partial charge < -0.3 is 5.11 Å². The van der Waals surface area contributed by atoms with Crippen molar-refractivity contribution in [1.82, 2.24) is 0 Å². The van der Waals surface area contributed by atoms with Crippen molar-refractivity contribution in [2.75, 3.05) is 12.4 Å². The Labute approximate surface area is 90.7 Å². The zero-order valence-electron chi connectivity index (χ0n) is 9.03. The van der Waals surface area contributed by atoms with Crippen LogP contribution >= 0.6 is 0 Å². The Morgan fingerprint density at radius 3 is 2.40 bits per heavy atom. The van der Waals surface area contributed by atoms with E-state index >= 15 is 0 Å². The highest BCUT2D eigenvalue weighted by Gasteiger charge is 2.13. The topological polar surface area (TPSA) is 54.4 Å². The maximum Gasteiger partial charge on any atom is 0.178 e. The van der Waals surface area contributed by atoms with Gasteiger partial charge in [0.25, 0.3) is 0 Å². The molecule has 15 heavy (non-hydrogen) atoms. The molecule has 1 rings (SSSR count). The van der Waals surface area contributed by atoms with Crippen LogP contribution in [0.4, 0.5) is 0 Å². The lowest BCUT2D eigenvalue weighted by molar-refractivity contribution is 0.295. The van der Waals surface area contributed by atoms with Crippen molar-refractivity contribution >= 4 is 9.84 Å². The number of aliphatic hydroxyl groups is 1. The van der Waals surface area contributed by atoms with Gasteiger partial charge in [0.1, 0.15) is 0 Å². The highest BCUT2D eigenvalue weighted by molar-refractivity contribution is 7.91. The maximum atomic E-state index is 11.7. The molecule has 0 aromatic heterocycles. The van der Waals surface area contributed by atoms with Crippen LogP contribution in [0.2, 0.25) is 0 Å². The van der Waals surface area contributed by atoms with Crippen LogP contribution in [0.15, 0.2) is 23.1 Å². The number of benzene rings is 1. The molecule has 0 amide bonds. The Bertz CT molecular complexity index is 435. The van der Waals surface area contributed by atoms with E-state index in [1.165, 1.54) is 0 Å². The second-order valence-corrected chi connectivity index (χ2v) is 5.75. The Morgan fingerprint density at radius 1 is 1.20 bits per heavy atom. The highest BCUT2D eigenvalue weighted by atomic mass is 32.2. The van der Waals surface area contributed by atoms with E-state index in [1.807, 2.05) is 13.8 Å². The molecule has 0 aliphatic carbocycles. The molecule has 1 N–H and O–H groups in total. The summed E-state index contributed by atoms with van der Waals surface area (Å²) in [6, 6.07) is 5.11. The van der Waals surface area contributed by atoms with E-state index in [4.69, 9.17) is 5.11 Å². The lowest BCUT2D eigenvalue weighted by Crippen LogP contribution is -2.08. The largest absolute Gasteiger partial charge is 0.396 e. The first kappa shape index (κ1) is 12.2. The molecule has 0 atom stereocenters. The minimum Gasteiger partial charge on any atom is -0.396 e. The number of aryl methyl sites for hydroxylation is 2. The molecule has 0 fully saturated rings. The average molecular weight is 228 g/mol. The van der Waals surface area contributed by atoms with Gasteiger partial charge in [-0.2, -0.15) is 0 Å². The van der Waals surface area contributed by atoms with Gasteiger partial charge in [0, 0.05) is 6.61 Å². The molecule has 1 aromatic rings. The second-order valence-electron chi connectivity index (χ2n) is 3.64. The number of hydrogen-bond donors (Lipinski definition) is 1. The molecule has 4 heteroatoms. The Kier molecular flexibility index (Phi) is 3.88. The van der Waals surface area contributed by atoms with Crippen molar-refractivity contribution in [2.24, 2.45) is 0 Å². The monoisotopic (exact) mass is 228 g/mol. The van der Waals surface area contributed by atoms with Crippen molar-refractivity contribution < 1.29 is 13.5 Å². The van der Waals surface area contributed by atoms with Crippen molar-refractivity contribution in [1.29, 1.82) is 0 Å². The zero-order valence-corrected chi connectivity index (χ0v) is 9.84. The predicted octanol–water partition coefficient (Wildman–Crippen LogP) is 1.46. The first-order chi connectivity index (χ1) is 6.97. The molecule has 1 aromatic carbocycles. The van der Waals surface area contributed by atoms with Gasteiger partial charge in [0.15, 0.2) is 9.84 Å². The number of aliphatic hydroxyl groups excluding tert-OH is 1. The smallest absolute Gasteiger partial charge is 0.178 e. The van der Waals surface area contributed by atoms with Crippen molar-refractivity contribution in [3.8, 4) is 0 Å². The molecule has 0 aliphatic heterocycles. The summed E-state index contributed by atoms with van der Waals surface area (Å²) >= 11 is 0. The van der Waals surface area contributed by atoms with Crippen LogP contribution < -0.4 is 0 Å². The Balaban J connectivity index is 3.00. The fourth-order valence-electron chi connectivity index (χ4n) is 1.28. The van der Waals surface area contributed by atoms with E-state index in [2.05, 4.69) is 0 Å². The Morgan fingerprint density at radius 2 is 1.87 bits per heavy atom. The average Bonchev–Trinajstić information content (AvgIpc) is 2.19. The molecule has 84 valence electrons. The van der Waals surface area contributed by atoms with Gasteiger partial charge in [-0.3, -0.25) is 0 Å². The van der Waals surface area contributed by atoms with Crippen LogP contribution in [0.1, 0.15) is 17.5 Å². The highest BCUT2D eigenvalue weighted by Crippen LogP contribution is 2.16. The summed E-state index contributed by atoms with van der Waals surface area (Å²) in [5.41, 5.74) is 2.05. The van der Waals surface area contributed by atoms with Crippen LogP contribution in [0.5, 0.6) is 0 Å². The van der Waals surface area contributed by atoms with Gasteiger partial charge in [-0.1, -0.05) is 6.07 Å². The van der Waals surface area contributed by atoms with Crippen LogP contribution in [-0.2, 0) is 9.84 Å². The molecule has 0 unspecified atom stereocenters. The van der Waals surface area contributed by atoms with E-state index in [0.717, 1.165) is 11.1 Å². The fourth-order valence-corrected chi connectivity index (χ4v) is 2.66. The quantitative estimate of drug-likeness (QED) is 0.848. The molecular weight excluding hydrogens is 212 g/mol. The first-order valence-corrected chi connectivity index (χ1v) is 6.53. The number of rotatable bonds is 4. The minimum atomic E-state index is -3.22. The third kappa shape index (κ3) is 3.04. The molecule has 0 radical (unpaired) electrons. The molecule has 0 saturated carbocycles. The fraction of sp³-hybridized carbons (Fsp3) is 0.455. The van der Waals surface area contributed by atoms with Crippen LogP contribution in [0.25, 0.3) is 0 Å². The summed E-state index contributed by atoms with van der Waals surface area (Å²) in [6.07, 6.45) is 0.287. The van der Waals surface area contributed by atoms with Crippen LogP contribution in [0.3, 0.4) is 0 Å². The third-order valence-corrected chi connectivity index (χ3v) is 4.21. The number of hydrogen-bond acceptors (Lipinski definition) is 3. The van der Waals surface area contributed by atoms with Gasteiger partial charge in [-0.05, 0) is 43.5 Å². The normalized spacial score (nSPS) is 11.7. The SMILES string of the molecule is Cc1ccc(S(=O)(=O)CCCO)cc1C. The van der Waals surface area contributed by atoms with E-state index in [-0.39, 0.29) is 18.8 Å². The molecule has 0 bridgehead atoms. The Hall–Kier alpha value is -0.870. The van der Waals surface area contributed by atoms with Gasteiger partial charge >= 0.3 is 0 Å². The minimum absolute atomic E-state index is 0.00595. The van der Waals surface area contributed by atoms with Gasteiger partial charge in [-0.25, -0.2) is 8.42 Å². The third-order valence-electron chi connectivity index (χ3n) is 2.41. The summed E-state index contributed by atoms with van der Waals surface area (Å²) in [6.45, 7) is 3.74. The first-order valence-electron chi connectivity index (χ1n) is 4.88. The molecular formula is C11H16O3S. The summed E-state index contributed by atoms with van der Waals surface area (Å²) < 4.78 is 23.5. The zero-order chi connectivity index (χ0) is 11.5. The van der Waals surface area contributed by atoms with Crippen molar-refractivity contribution in [2.45, 2.75) is 25.2 Å². The molecule has 0 heterocycles. The van der Waals surface area contributed by atoms with E-state index in [9.17, 15) is 8.42 Å². The molecule has 0 aliphatic rings. The maximum absolute atomic E-state index is 11.7. The lowest BCUT2D eigenvalue weighted by atomic mass is 10.1. The van der Waals surface area contributed by atoms with E-state index in [0.29, 0.717) is 4.90 Å². The van der Waals surface area contributed by atoms with Gasteiger partial charge in [-0.15, -0.1) is 0 Å². The summed E-state index contributed by atoms with van der Waals surface area (Å²) in [5, 5.41) is 8.61. The summed E-state index contributed by atoms with van der Waals surface area (Å²) in [5.74, 6) is 0.00595. The number of sulfone groups is 1. The van der Waals surface area contributed by atoms with E-state index in [1.54, 1.807) is 18.2 Å². The van der Waals surface area contributed by atoms with Crippen molar-refractivity contribution in [3.63, 3.8) is 0 Å². The van der Waals surface area contributed by atoms with Crippen molar-refractivity contribution in [3.05, 3.63) is 29.3 Å². The molecule has 0 spiro atoms. The molecule has 3 nitrogen and oxygen atoms in total.